The maximum atomic E-state index is 11.1. The number of nitrogens with zero attached hydrogens (tertiary/aromatic N) is 1. The molecule has 0 saturated heterocycles. The number of hydrogen-bond donors (Lipinski definition) is 2. The van der Waals surface area contributed by atoms with Crippen molar-refractivity contribution in [2.45, 2.75) is 17.9 Å². The summed E-state index contributed by atoms with van der Waals surface area (Å²) in [5, 5.41) is 5.04. The molecule has 0 fully saturated rings. The lowest BCUT2D eigenvalue weighted by molar-refractivity contribution is 0.269. The fourth-order valence-corrected chi connectivity index (χ4v) is 2.10. The van der Waals surface area contributed by atoms with Crippen LogP contribution in [0.4, 0.5) is 0 Å². The van der Waals surface area contributed by atoms with Gasteiger partial charge in [0.05, 0.1) is 4.90 Å². The van der Waals surface area contributed by atoms with Crippen LogP contribution in [0.2, 0.25) is 0 Å². The van der Waals surface area contributed by atoms with Crippen LogP contribution in [0.5, 0.6) is 0 Å². The molecule has 104 valence electrons. The number of benzene rings is 1. The van der Waals surface area contributed by atoms with Gasteiger partial charge >= 0.3 is 0 Å². The fraction of sp³-hybridized carbons (Fsp3) is 0.455. The molecule has 4 N–H and O–H groups in total. The number of hydrogen-bond acceptors (Lipinski definition) is 4. The summed E-state index contributed by atoms with van der Waals surface area (Å²) in [5.74, 6) is 0. The first-order chi connectivity index (χ1) is 7.86. The third-order valence-corrected chi connectivity index (χ3v) is 3.76. The Bertz CT molecular complexity index is 462. The van der Waals surface area contributed by atoms with Gasteiger partial charge in [-0.1, -0.05) is 12.1 Å². The molecule has 0 spiro atoms. The Kier molecular flexibility index (Phi) is 6.80. The fourth-order valence-electron chi connectivity index (χ4n) is 1.59. The largest absolute Gasteiger partial charge is 0.329 e. The van der Waals surface area contributed by atoms with Crippen molar-refractivity contribution in [1.82, 2.24) is 4.90 Å². The maximum Gasteiger partial charge on any atom is 0.238 e. The van der Waals surface area contributed by atoms with E-state index in [9.17, 15) is 8.42 Å². The predicted molar refractivity (Wildman–Crippen MR) is 75.2 cm³/mol. The zero-order valence-corrected chi connectivity index (χ0v) is 12.2. The molecular weight excluding hydrogens is 274 g/mol. The van der Waals surface area contributed by atoms with E-state index in [1.807, 2.05) is 14.0 Å². The molecule has 1 rings (SSSR count). The quantitative estimate of drug-likeness (QED) is 0.836. The molecule has 0 heterocycles. The van der Waals surface area contributed by atoms with Crippen LogP contribution in [-0.2, 0) is 10.0 Å². The highest BCUT2D eigenvalue weighted by Crippen LogP contribution is 2.19. The van der Waals surface area contributed by atoms with Crippen molar-refractivity contribution in [2.75, 3.05) is 20.1 Å². The monoisotopic (exact) mass is 293 g/mol. The highest BCUT2D eigenvalue weighted by molar-refractivity contribution is 7.89. The predicted octanol–water partition coefficient (Wildman–Crippen LogP) is 0.707. The van der Waals surface area contributed by atoms with Gasteiger partial charge < -0.3 is 5.73 Å². The van der Waals surface area contributed by atoms with E-state index in [2.05, 4.69) is 4.90 Å². The minimum absolute atomic E-state index is 0. The van der Waals surface area contributed by atoms with Crippen LogP contribution < -0.4 is 10.9 Å². The van der Waals surface area contributed by atoms with Gasteiger partial charge in [-0.25, -0.2) is 13.6 Å². The second-order valence-electron chi connectivity index (χ2n) is 4.06. The summed E-state index contributed by atoms with van der Waals surface area (Å²) in [7, 11) is -1.63. The molecule has 0 saturated carbocycles. The van der Waals surface area contributed by atoms with E-state index >= 15 is 0 Å². The van der Waals surface area contributed by atoms with E-state index in [0.29, 0.717) is 6.54 Å². The topological polar surface area (TPSA) is 89.4 Å². The first kappa shape index (κ1) is 17.3. The summed E-state index contributed by atoms with van der Waals surface area (Å²) in [4.78, 5) is 2.24. The molecule has 0 aliphatic carbocycles. The summed E-state index contributed by atoms with van der Waals surface area (Å²) >= 11 is 0. The van der Waals surface area contributed by atoms with Crippen molar-refractivity contribution >= 4 is 22.4 Å². The molecule has 0 aliphatic heterocycles. The molecule has 1 atom stereocenters. The normalized spacial score (nSPS) is 13.2. The first-order valence-electron chi connectivity index (χ1n) is 5.39. The highest BCUT2D eigenvalue weighted by atomic mass is 35.5. The highest BCUT2D eigenvalue weighted by Gasteiger charge is 2.12. The number of rotatable bonds is 5. The minimum Gasteiger partial charge on any atom is -0.329 e. The third-order valence-electron chi connectivity index (χ3n) is 2.83. The summed E-state index contributed by atoms with van der Waals surface area (Å²) in [6.45, 7) is 3.43. The van der Waals surface area contributed by atoms with Crippen LogP contribution in [0.25, 0.3) is 0 Å². The molecular formula is C11H20ClN3O2S. The molecule has 0 aliphatic rings. The summed E-state index contributed by atoms with van der Waals surface area (Å²) in [6.07, 6.45) is 0. The third kappa shape index (κ3) is 4.55. The molecule has 0 bridgehead atoms. The van der Waals surface area contributed by atoms with E-state index < -0.39 is 10.0 Å². The second kappa shape index (κ2) is 7.06. The van der Waals surface area contributed by atoms with E-state index in [1.54, 1.807) is 12.1 Å². The Morgan fingerprint density at radius 2 is 1.78 bits per heavy atom. The Morgan fingerprint density at radius 3 is 2.17 bits per heavy atom. The molecule has 0 aromatic heterocycles. The van der Waals surface area contributed by atoms with Gasteiger partial charge in [0.25, 0.3) is 0 Å². The van der Waals surface area contributed by atoms with Gasteiger partial charge in [-0.05, 0) is 31.7 Å². The van der Waals surface area contributed by atoms with E-state index in [0.717, 1.165) is 12.1 Å². The van der Waals surface area contributed by atoms with Gasteiger partial charge in [0.15, 0.2) is 0 Å². The first-order valence-corrected chi connectivity index (χ1v) is 6.94. The Labute approximate surface area is 115 Å². The molecule has 1 aromatic rings. The van der Waals surface area contributed by atoms with Crippen molar-refractivity contribution in [1.29, 1.82) is 0 Å². The summed E-state index contributed by atoms with van der Waals surface area (Å²) < 4.78 is 22.2. The van der Waals surface area contributed by atoms with E-state index in [1.165, 1.54) is 12.1 Å². The summed E-state index contributed by atoms with van der Waals surface area (Å²) in [6, 6.07) is 6.79. The maximum absolute atomic E-state index is 11.1. The molecule has 7 heteroatoms. The Morgan fingerprint density at radius 1 is 1.28 bits per heavy atom. The SMILES string of the molecule is CC(c1ccc(S(N)(=O)=O)cc1)N(C)CCN.Cl. The lowest BCUT2D eigenvalue weighted by Crippen LogP contribution is -2.28. The minimum atomic E-state index is -3.61. The summed E-state index contributed by atoms with van der Waals surface area (Å²) in [5.41, 5.74) is 6.52. The van der Waals surface area contributed by atoms with E-state index in [4.69, 9.17) is 10.9 Å². The van der Waals surface area contributed by atoms with Crippen molar-refractivity contribution in [2.24, 2.45) is 10.9 Å². The molecule has 1 unspecified atom stereocenters. The van der Waals surface area contributed by atoms with Gasteiger partial charge in [-0.15, -0.1) is 12.4 Å². The standard InChI is InChI=1S/C11H19N3O2S.ClH/c1-9(14(2)8-7-12)10-3-5-11(6-4-10)17(13,15)16;/h3-6,9H,7-8,12H2,1-2H3,(H2,13,15,16);1H. The number of likely N-dealkylation sites (N-methyl/N-ethyl adjacent to an activating group) is 1. The van der Waals surface area contributed by atoms with Crippen LogP contribution in [0.3, 0.4) is 0 Å². The van der Waals surface area contributed by atoms with Gasteiger partial charge in [0.1, 0.15) is 0 Å². The Balaban J connectivity index is 0.00000289. The van der Waals surface area contributed by atoms with Crippen LogP contribution in [0.15, 0.2) is 29.2 Å². The molecule has 18 heavy (non-hydrogen) atoms. The lowest BCUT2D eigenvalue weighted by Gasteiger charge is -2.24. The van der Waals surface area contributed by atoms with E-state index in [-0.39, 0.29) is 23.3 Å². The molecule has 1 aromatic carbocycles. The zero-order chi connectivity index (χ0) is 13.1. The number of halogens is 1. The molecule has 5 nitrogen and oxygen atoms in total. The average molecular weight is 294 g/mol. The lowest BCUT2D eigenvalue weighted by atomic mass is 10.1. The van der Waals surface area contributed by atoms with Crippen molar-refractivity contribution in [3.05, 3.63) is 29.8 Å². The van der Waals surface area contributed by atoms with Crippen LogP contribution >= 0.6 is 12.4 Å². The van der Waals surface area contributed by atoms with Gasteiger partial charge in [0.2, 0.25) is 10.0 Å². The van der Waals surface area contributed by atoms with Crippen LogP contribution in [-0.4, -0.2) is 33.5 Å². The van der Waals surface area contributed by atoms with Gasteiger partial charge in [0, 0.05) is 19.1 Å². The Hall–Kier alpha value is -0.660. The van der Waals surface area contributed by atoms with Crippen molar-refractivity contribution < 1.29 is 8.42 Å². The zero-order valence-electron chi connectivity index (χ0n) is 10.5. The van der Waals surface area contributed by atoms with Crippen molar-refractivity contribution in [3.8, 4) is 0 Å². The van der Waals surface area contributed by atoms with Crippen LogP contribution in [0, 0.1) is 0 Å². The molecule has 0 amide bonds. The second-order valence-corrected chi connectivity index (χ2v) is 5.62. The number of sulfonamides is 1. The van der Waals surface area contributed by atoms with Gasteiger partial charge in [-0.3, -0.25) is 4.90 Å². The van der Waals surface area contributed by atoms with Crippen LogP contribution in [0.1, 0.15) is 18.5 Å². The average Bonchev–Trinajstić information content (AvgIpc) is 2.27. The smallest absolute Gasteiger partial charge is 0.238 e. The number of primary sulfonamides is 1. The molecule has 0 radical (unpaired) electrons. The number of nitrogens with two attached hydrogens (primary N) is 2. The van der Waals surface area contributed by atoms with Crippen molar-refractivity contribution in [3.63, 3.8) is 0 Å². The van der Waals surface area contributed by atoms with Gasteiger partial charge in [-0.2, -0.15) is 0 Å².